The van der Waals surface area contributed by atoms with E-state index in [1.165, 1.54) is 0 Å². The van der Waals surface area contributed by atoms with E-state index in [2.05, 4.69) is 30.8 Å². The number of carbonyl (C=O) groups is 1. The van der Waals surface area contributed by atoms with Gasteiger partial charge in [-0.25, -0.2) is 4.98 Å². The molecule has 1 aliphatic rings. The van der Waals surface area contributed by atoms with Crippen molar-refractivity contribution in [1.29, 1.82) is 0 Å². The van der Waals surface area contributed by atoms with Crippen molar-refractivity contribution in [2.75, 3.05) is 33.2 Å². The molecule has 7 nitrogen and oxygen atoms in total. The van der Waals surface area contributed by atoms with Gasteiger partial charge >= 0.3 is 6.18 Å². The number of aromatic nitrogens is 1. The summed E-state index contributed by atoms with van der Waals surface area (Å²) in [5.41, 5.74) is -0.868. The monoisotopic (exact) mass is 420 g/mol. The molecule has 1 aliphatic heterocycles. The van der Waals surface area contributed by atoms with E-state index in [4.69, 9.17) is 0 Å². The number of nitrogens with zero attached hydrogens (tertiary/aromatic N) is 3. The van der Waals surface area contributed by atoms with Crippen LogP contribution < -0.4 is 16.0 Å². The Morgan fingerprint density at radius 2 is 2.07 bits per heavy atom. The molecule has 1 amide bonds. The first kappa shape index (κ1) is 22.4. The molecule has 2 heterocycles. The van der Waals surface area contributed by atoms with Gasteiger partial charge in [0.2, 0.25) is 5.91 Å². The lowest BCUT2D eigenvalue weighted by Crippen LogP contribution is -2.50. The highest BCUT2D eigenvalue weighted by atomic mass is 32.1. The molecule has 3 N–H and O–H groups in total. The van der Waals surface area contributed by atoms with Gasteiger partial charge < -0.3 is 16.0 Å². The van der Waals surface area contributed by atoms with E-state index in [1.54, 1.807) is 7.05 Å². The Hall–Kier alpha value is -1.88. The number of alkyl halides is 3. The third kappa shape index (κ3) is 7.27. The second-order valence-corrected chi connectivity index (χ2v) is 7.54. The minimum Gasteiger partial charge on any atom is -0.355 e. The van der Waals surface area contributed by atoms with Crippen LogP contribution in [0.2, 0.25) is 0 Å². The molecule has 0 radical (unpaired) electrons. The Morgan fingerprint density at radius 1 is 1.36 bits per heavy atom. The predicted molar refractivity (Wildman–Crippen MR) is 103 cm³/mol. The minimum absolute atomic E-state index is 0.0485. The van der Waals surface area contributed by atoms with Gasteiger partial charge in [0.05, 0.1) is 13.1 Å². The van der Waals surface area contributed by atoms with Crippen LogP contribution in [0.4, 0.5) is 13.2 Å². The standard InChI is InChI=1S/C17H27F3N6OS/c1-3-6-22-14(27)10-26-7-4-12(5-8-26)24-16(21-2)23-9-15-25-13(11-28-15)17(18,19)20/h11-12H,3-10H2,1-2H3,(H,22,27)(H2,21,23,24). The van der Waals surface area contributed by atoms with Gasteiger partial charge in [0.15, 0.2) is 11.7 Å². The van der Waals surface area contributed by atoms with Crippen LogP contribution in [0.15, 0.2) is 10.4 Å². The molecule has 0 unspecified atom stereocenters. The fourth-order valence-electron chi connectivity index (χ4n) is 2.83. The quantitative estimate of drug-likeness (QED) is 0.463. The molecule has 0 aromatic carbocycles. The van der Waals surface area contributed by atoms with Crippen LogP contribution in [0.3, 0.4) is 0 Å². The van der Waals surface area contributed by atoms with Gasteiger partial charge in [-0.15, -0.1) is 11.3 Å². The van der Waals surface area contributed by atoms with Crippen molar-refractivity contribution in [1.82, 2.24) is 25.8 Å². The van der Waals surface area contributed by atoms with E-state index >= 15 is 0 Å². The van der Waals surface area contributed by atoms with Gasteiger partial charge in [-0.1, -0.05) is 6.92 Å². The van der Waals surface area contributed by atoms with Crippen molar-refractivity contribution in [3.05, 3.63) is 16.1 Å². The van der Waals surface area contributed by atoms with Crippen molar-refractivity contribution >= 4 is 23.2 Å². The first-order chi connectivity index (χ1) is 13.3. The number of hydrogen-bond donors (Lipinski definition) is 3. The highest BCUT2D eigenvalue weighted by Gasteiger charge is 2.33. The van der Waals surface area contributed by atoms with Crippen LogP contribution in [-0.2, 0) is 17.5 Å². The maximum absolute atomic E-state index is 12.6. The zero-order valence-corrected chi connectivity index (χ0v) is 16.9. The summed E-state index contributed by atoms with van der Waals surface area (Å²) in [6.07, 6.45) is -1.78. The summed E-state index contributed by atoms with van der Waals surface area (Å²) >= 11 is 0.966. The zero-order chi connectivity index (χ0) is 20.6. The molecule has 0 spiro atoms. The summed E-state index contributed by atoms with van der Waals surface area (Å²) in [6, 6.07) is 0.197. The SMILES string of the molecule is CCCNC(=O)CN1CCC(NC(=NC)NCc2nc(C(F)(F)F)cs2)CC1. The van der Waals surface area contributed by atoms with Crippen LogP contribution in [0.25, 0.3) is 0 Å². The van der Waals surface area contributed by atoms with E-state index in [0.29, 0.717) is 24.1 Å². The maximum Gasteiger partial charge on any atom is 0.434 e. The number of likely N-dealkylation sites (tertiary alicyclic amines) is 1. The Morgan fingerprint density at radius 3 is 2.64 bits per heavy atom. The number of halogens is 3. The second-order valence-electron chi connectivity index (χ2n) is 6.59. The lowest BCUT2D eigenvalue weighted by atomic mass is 10.1. The summed E-state index contributed by atoms with van der Waals surface area (Å²) in [4.78, 5) is 21.6. The average molecular weight is 421 g/mol. The van der Waals surface area contributed by atoms with Crippen LogP contribution in [0.1, 0.15) is 36.9 Å². The lowest BCUT2D eigenvalue weighted by Gasteiger charge is -2.32. The van der Waals surface area contributed by atoms with Gasteiger partial charge in [-0.05, 0) is 19.3 Å². The van der Waals surface area contributed by atoms with Gasteiger partial charge in [0.25, 0.3) is 0 Å². The normalized spacial score (nSPS) is 16.8. The molecule has 0 bridgehead atoms. The van der Waals surface area contributed by atoms with Gasteiger partial charge in [0.1, 0.15) is 5.01 Å². The van der Waals surface area contributed by atoms with Crippen LogP contribution in [0, 0.1) is 0 Å². The van der Waals surface area contributed by atoms with E-state index in [-0.39, 0.29) is 18.5 Å². The number of thiazole rings is 1. The van der Waals surface area contributed by atoms with E-state index in [0.717, 1.165) is 49.1 Å². The molecule has 1 saturated heterocycles. The molecule has 11 heteroatoms. The van der Waals surface area contributed by atoms with Crippen LogP contribution >= 0.6 is 11.3 Å². The fourth-order valence-corrected chi connectivity index (χ4v) is 3.57. The molecule has 158 valence electrons. The molecule has 0 aliphatic carbocycles. The van der Waals surface area contributed by atoms with Crippen molar-refractivity contribution < 1.29 is 18.0 Å². The van der Waals surface area contributed by atoms with Gasteiger partial charge in [-0.2, -0.15) is 13.2 Å². The van der Waals surface area contributed by atoms with E-state index in [1.807, 2.05) is 6.92 Å². The fraction of sp³-hybridized carbons (Fsp3) is 0.706. The lowest BCUT2D eigenvalue weighted by molar-refractivity contribution is -0.140. The molecular weight excluding hydrogens is 393 g/mol. The third-order valence-electron chi connectivity index (χ3n) is 4.34. The number of nitrogens with one attached hydrogen (secondary N) is 3. The number of amides is 1. The number of carbonyl (C=O) groups excluding carboxylic acids is 1. The molecule has 0 saturated carbocycles. The Bertz CT molecular complexity index is 656. The van der Waals surface area contributed by atoms with Crippen LogP contribution in [-0.4, -0.2) is 61.0 Å². The highest BCUT2D eigenvalue weighted by molar-refractivity contribution is 7.09. The Kier molecular flexibility index (Phi) is 8.49. The molecule has 0 atom stereocenters. The van der Waals surface area contributed by atoms with Gasteiger partial charge in [-0.3, -0.25) is 14.7 Å². The van der Waals surface area contributed by atoms with E-state index < -0.39 is 11.9 Å². The molecular formula is C17H27F3N6OS. The minimum atomic E-state index is -4.42. The van der Waals surface area contributed by atoms with Crippen LogP contribution in [0.5, 0.6) is 0 Å². The van der Waals surface area contributed by atoms with Crippen molar-refractivity contribution in [2.24, 2.45) is 4.99 Å². The summed E-state index contributed by atoms with van der Waals surface area (Å²) < 4.78 is 37.8. The van der Waals surface area contributed by atoms with Crippen molar-refractivity contribution in [3.8, 4) is 0 Å². The van der Waals surface area contributed by atoms with Gasteiger partial charge in [0, 0.05) is 38.1 Å². The summed E-state index contributed by atoms with van der Waals surface area (Å²) in [7, 11) is 1.62. The molecule has 28 heavy (non-hydrogen) atoms. The van der Waals surface area contributed by atoms with Crippen molar-refractivity contribution in [2.45, 2.75) is 44.9 Å². The highest BCUT2D eigenvalue weighted by Crippen LogP contribution is 2.29. The third-order valence-corrected chi connectivity index (χ3v) is 5.19. The summed E-state index contributed by atoms with van der Waals surface area (Å²) in [6.45, 7) is 4.90. The molecule has 2 rings (SSSR count). The predicted octanol–water partition coefficient (Wildman–Crippen LogP) is 1.82. The second kappa shape index (κ2) is 10.6. The number of piperidine rings is 1. The Balaban J connectivity index is 1.72. The smallest absolute Gasteiger partial charge is 0.355 e. The average Bonchev–Trinajstić information content (AvgIpc) is 3.14. The van der Waals surface area contributed by atoms with Crippen molar-refractivity contribution in [3.63, 3.8) is 0 Å². The first-order valence-corrected chi connectivity index (χ1v) is 10.2. The first-order valence-electron chi connectivity index (χ1n) is 9.29. The zero-order valence-electron chi connectivity index (χ0n) is 16.1. The maximum atomic E-state index is 12.6. The Labute approximate surface area is 166 Å². The number of rotatable bonds is 7. The molecule has 1 aromatic heterocycles. The number of hydrogen-bond acceptors (Lipinski definition) is 5. The molecule has 1 aromatic rings. The number of aliphatic imine (C=N–C) groups is 1. The summed E-state index contributed by atoms with van der Waals surface area (Å²) in [5, 5.41) is 10.5. The summed E-state index contributed by atoms with van der Waals surface area (Å²) in [5.74, 6) is 0.579. The number of guanidine groups is 1. The van der Waals surface area contributed by atoms with E-state index in [9.17, 15) is 18.0 Å². The molecule has 1 fully saturated rings. The topological polar surface area (TPSA) is 81.7 Å². The largest absolute Gasteiger partial charge is 0.434 e.